The topological polar surface area (TPSA) is 60.0 Å². The van der Waals surface area contributed by atoms with Crippen molar-refractivity contribution >= 4 is 11.7 Å². The number of ether oxygens (including phenoxy) is 3. The average Bonchev–Trinajstić information content (AvgIpc) is 3.24. The molecule has 2 aliphatic rings. The minimum atomic E-state index is -0.0611. The standard InChI is InChI=1S/C22H26N2O4/c1-26-19-11-17(12-20(13-19)27-2)16-7-8-24(14-16)22(25)23-18-5-6-21-15(10-18)4-3-9-28-21/h5-6,10-13,16H,3-4,7-9,14H2,1-2H3,(H,23,25). The highest BCUT2D eigenvalue weighted by Gasteiger charge is 2.28. The van der Waals surface area contributed by atoms with Gasteiger partial charge >= 0.3 is 6.03 Å². The van der Waals surface area contributed by atoms with Crippen LogP contribution in [-0.4, -0.2) is 44.8 Å². The first-order valence-electron chi connectivity index (χ1n) is 9.71. The highest BCUT2D eigenvalue weighted by atomic mass is 16.5. The maximum absolute atomic E-state index is 12.7. The molecule has 2 amide bonds. The second kappa shape index (κ2) is 8.00. The van der Waals surface area contributed by atoms with E-state index in [1.807, 2.05) is 41.3 Å². The Balaban J connectivity index is 1.42. The van der Waals surface area contributed by atoms with Crippen LogP contribution in [0.5, 0.6) is 17.2 Å². The number of benzene rings is 2. The van der Waals surface area contributed by atoms with E-state index in [1.165, 1.54) is 0 Å². The SMILES string of the molecule is COc1cc(OC)cc(C2CCN(C(=O)Nc3ccc4c(c3)CCCO4)C2)c1. The lowest BCUT2D eigenvalue weighted by atomic mass is 9.98. The van der Waals surface area contributed by atoms with Crippen LogP contribution >= 0.6 is 0 Å². The minimum Gasteiger partial charge on any atom is -0.497 e. The van der Waals surface area contributed by atoms with Gasteiger partial charge in [0.1, 0.15) is 17.2 Å². The molecule has 2 aliphatic heterocycles. The second-order valence-corrected chi connectivity index (χ2v) is 7.28. The van der Waals surface area contributed by atoms with E-state index < -0.39 is 0 Å². The number of carbonyl (C=O) groups excluding carboxylic acids is 1. The molecule has 0 saturated carbocycles. The summed E-state index contributed by atoms with van der Waals surface area (Å²) in [5.74, 6) is 2.74. The van der Waals surface area contributed by atoms with Crippen LogP contribution in [0.25, 0.3) is 0 Å². The Bertz CT molecular complexity index is 845. The maximum atomic E-state index is 12.7. The van der Waals surface area contributed by atoms with Gasteiger partial charge in [-0.1, -0.05) is 0 Å². The van der Waals surface area contributed by atoms with E-state index in [2.05, 4.69) is 5.32 Å². The van der Waals surface area contributed by atoms with E-state index in [0.717, 1.165) is 66.5 Å². The van der Waals surface area contributed by atoms with Crippen molar-refractivity contribution in [2.45, 2.75) is 25.2 Å². The molecule has 2 aromatic rings. The van der Waals surface area contributed by atoms with Crippen LogP contribution in [0.3, 0.4) is 0 Å². The molecular weight excluding hydrogens is 356 g/mol. The van der Waals surface area contributed by atoms with Gasteiger partial charge in [0.25, 0.3) is 0 Å². The number of anilines is 1. The minimum absolute atomic E-state index is 0.0611. The van der Waals surface area contributed by atoms with Gasteiger partial charge in [-0.05, 0) is 60.7 Å². The van der Waals surface area contributed by atoms with Gasteiger partial charge in [0.05, 0.1) is 20.8 Å². The molecule has 148 valence electrons. The normalized spacial score (nSPS) is 18.2. The molecule has 0 radical (unpaired) electrons. The van der Waals surface area contributed by atoms with Gasteiger partial charge in [-0.3, -0.25) is 0 Å². The third kappa shape index (κ3) is 3.86. The quantitative estimate of drug-likeness (QED) is 0.867. The lowest BCUT2D eigenvalue weighted by molar-refractivity contribution is 0.222. The summed E-state index contributed by atoms with van der Waals surface area (Å²) in [5.41, 5.74) is 3.12. The lowest BCUT2D eigenvalue weighted by Gasteiger charge is -2.20. The molecule has 4 rings (SSSR count). The Morgan fingerprint density at radius 3 is 2.68 bits per heavy atom. The predicted octanol–water partition coefficient (Wildman–Crippen LogP) is 4.05. The number of likely N-dealkylation sites (tertiary alicyclic amines) is 1. The Labute approximate surface area is 165 Å². The molecule has 1 fully saturated rings. The van der Waals surface area contributed by atoms with Crippen LogP contribution in [0.2, 0.25) is 0 Å². The molecule has 0 aliphatic carbocycles. The molecule has 6 nitrogen and oxygen atoms in total. The van der Waals surface area contributed by atoms with Crippen LogP contribution in [-0.2, 0) is 6.42 Å². The Hall–Kier alpha value is -2.89. The summed E-state index contributed by atoms with van der Waals surface area (Å²) in [7, 11) is 3.30. The van der Waals surface area contributed by atoms with Crippen molar-refractivity contribution in [3.05, 3.63) is 47.5 Å². The Morgan fingerprint density at radius 1 is 1.14 bits per heavy atom. The number of methoxy groups -OCH3 is 2. The summed E-state index contributed by atoms with van der Waals surface area (Å²) in [4.78, 5) is 14.6. The van der Waals surface area contributed by atoms with Gasteiger partial charge < -0.3 is 24.4 Å². The first kappa shape index (κ1) is 18.5. The predicted molar refractivity (Wildman–Crippen MR) is 108 cm³/mol. The van der Waals surface area contributed by atoms with Crippen molar-refractivity contribution < 1.29 is 19.0 Å². The highest BCUT2D eigenvalue weighted by Crippen LogP contribution is 2.33. The summed E-state index contributed by atoms with van der Waals surface area (Å²) in [6.45, 7) is 2.17. The first-order chi connectivity index (χ1) is 13.7. The highest BCUT2D eigenvalue weighted by molar-refractivity contribution is 5.89. The number of nitrogens with zero attached hydrogens (tertiary/aromatic N) is 1. The van der Waals surface area contributed by atoms with E-state index in [-0.39, 0.29) is 11.9 Å². The number of nitrogens with one attached hydrogen (secondary N) is 1. The van der Waals surface area contributed by atoms with Crippen molar-refractivity contribution in [2.24, 2.45) is 0 Å². The zero-order valence-electron chi connectivity index (χ0n) is 16.4. The molecule has 1 N–H and O–H groups in total. The summed E-state index contributed by atoms with van der Waals surface area (Å²) in [5, 5.41) is 3.03. The molecule has 1 saturated heterocycles. The third-order valence-electron chi connectivity index (χ3n) is 5.48. The molecule has 1 unspecified atom stereocenters. The second-order valence-electron chi connectivity index (χ2n) is 7.28. The number of amides is 2. The van der Waals surface area contributed by atoms with E-state index >= 15 is 0 Å². The van der Waals surface area contributed by atoms with Crippen molar-refractivity contribution in [1.29, 1.82) is 0 Å². The summed E-state index contributed by atoms with van der Waals surface area (Å²) >= 11 is 0. The smallest absolute Gasteiger partial charge is 0.321 e. The molecular formula is C22H26N2O4. The van der Waals surface area contributed by atoms with E-state index in [1.54, 1.807) is 14.2 Å². The first-order valence-corrected chi connectivity index (χ1v) is 9.71. The largest absolute Gasteiger partial charge is 0.497 e. The number of hydrogen-bond donors (Lipinski definition) is 1. The van der Waals surface area contributed by atoms with Gasteiger partial charge in [-0.25, -0.2) is 4.79 Å². The molecule has 0 aromatic heterocycles. The number of fused-ring (bicyclic) bond motifs is 1. The van der Waals surface area contributed by atoms with Crippen LogP contribution < -0.4 is 19.5 Å². The molecule has 1 atom stereocenters. The van der Waals surface area contributed by atoms with Crippen LogP contribution in [0.4, 0.5) is 10.5 Å². The van der Waals surface area contributed by atoms with Gasteiger partial charge in [-0.15, -0.1) is 0 Å². The van der Waals surface area contributed by atoms with Crippen molar-refractivity contribution in [3.8, 4) is 17.2 Å². The zero-order chi connectivity index (χ0) is 19.5. The van der Waals surface area contributed by atoms with Gasteiger partial charge in [0.2, 0.25) is 0 Å². The van der Waals surface area contributed by atoms with Gasteiger partial charge in [0, 0.05) is 30.8 Å². The van der Waals surface area contributed by atoms with E-state index in [4.69, 9.17) is 14.2 Å². The number of urea groups is 1. The molecule has 2 heterocycles. The van der Waals surface area contributed by atoms with E-state index in [0.29, 0.717) is 6.54 Å². The Kier molecular flexibility index (Phi) is 5.28. The fourth-order valence-corrected chi connectivity index (χ4v) is 3.92. The van der Waals surface area contributed by atoms with Crippen LogP contribution in [0.15, 0.2) is 36.4 Å². The molecule has 28 heavy (non-hydrogen) atoms. The molecule has 0 spiro atoms. The third-order valence-corrected chi connectivity index (χ3v) is 5.48. The van der Waals surface area contributed by atoms with Crippen molar-refractivity contribution in [3.63, 3.8) is 0 Å². The van der Waals surface area contributed by atoms with Gasteiger partial charge in [0.15, 0.2) is 0 Å². The molecule has 2 aromatic carbocycles. The van der Waals surface area contributed by atoms with Gasteiger partial charge in [-0.2, -0.15) is 0 Å². The van der Waals surface area contributed by atoms with E-state index in [9.17, 15) is 4.79 Å². The lowest BCUT2D eigenvalue weighted by Crippen LogP contribution is -2.32. The number of rotatable bonds is 4. The average molecular weight is 382 g/mol. The Morgan fingerprint density at radius 2 is 1.93 bits per heavy atom. The molecule has 0 bridgehead atoms. The number of carbonyl (C=O) groups is 1. The fraction of sp³-hybridized carbons (Fsp3) is 0.409. The number of hydrogen-bond acceptors (Lipinski definition) is 4. The van der Waals surface area contributed by atoms with Crippen LogP contribution in [0, 0.1) is 0 Å². The van der Waals surface area contributed by atoms with Crippen molar-refractivity contribution in [2.75, 3.05) is 39.2 Å². The summed E-state index contributed by atoms with van der Waals surface area (Å²) in [6.07, 6.45) is 2.92. The fourth-order valence-electron chi connectivity index (χ4n) is 3.92. The maximum Gasteiger partial charge on any atom is 0.321 e. The monoisotopic (exact) mass is 382 g/mol. The van der Waals surface area contributed by atoms with Crippen LogP contribution in [0.1, 0.15) is 29.9 Å². The summed E-state index contributed by atoms with van der Waals surface area (Å²) in [6, 6.07) is 11.7. The number of aryl methyl sites for hydroxylation is 1. The van der Waals surface area contributed by atoms with Crippen molar-refractivity contribution in [1.82, 2.24) is 4.90 Å². The molecule has 6 heteroatoms. The zero-order valence-corrected chi connectivity index (χ0v) is 16.4. The summed E-state index contributed by atoms with van der Waals surface area (Å²) < 4.78 is 16.4.